The van der Waals surface area contributed by atoms with E-state index in [1.54, 1.807) is 0 Å². The first kappa shape index (κ1) is 13.7. The van der Waals surface area contributed by atoms with Crippen LogP contribution in [0.25, 0.3) is 0 Å². The van der Waals surface area contributed by atoms with Gasteiger partial charge in [0.2, 0.25) is 0 Å². The second-order valence-electron chi connectivity index (χ2n) is 5.54. The SMILES string of the molecule is CC1OCCC1SCCC1CCCC1(N)CO. The van der Waals surface area contributed by atoms with Gasteiger partial charge < -0.3 is 15.6 Å². The highest BCUT2D eigenvalue weighted by Gasteiger charge is 2.38. The van der Waals surface area contributed by atoms with Crippen LogP contribution in [0.1, 0.15) is 39.0 Å². The number of nitrogens with two attached hydrogens (primary N) is 1. The first-order valence-electron chi connectivity index (χ1n) is 6.78. The molecule has 0 aromatic carbocycles. The number of thioether (sulfide) groups is 1. The second kappa shape index (κ2) is 5.91. The van der Waals surface area contributed by atoms with Crippen LogP contribution in [-0.2, 0) is 4.74 Å². The fraction of sp³-hybridized carbons (Fsp3) is 1.00. The molecule has 1 aliphatic carbocycles. The van der Waals surface area contributed by atoms with Gasteiger partial charge >= 0.3 is 0 Å². The molecule has 1 saturated heterocycles. The standard InChI is InChI=1S/C13H25NO2S/c1-10-12(4-7-16-10)17-8-5-11-3-2-6-13(11,14)9-15/h10-12,15H,2-9,14H2,1H3. The molecule has 1 aliphatic heterocycles. The molecule has 0 bridgehead atoms. The lowest BCUT2D eigenvalue weighted by Crippen LogP contribution is -2.47. The molecule has 4 heteroatoms. The van der Waals surface area contributed by atoms with E-state index in [0.29, 0.717) is 17.3 Å². The lowest BCUT2D eigenvalue weighted by Gasteiger charge is -2.29. The van der Waals surface area contributed by atoms with Gasteiger partial charge in [-0.2, -0.15) is 11.8 Å². The molecule has 17 heavy (non-hydrogen) atoms. The molecule has 1 saturated carbocycles. The summed E-state index contributed by atoms with van der Waals surface area (Å²) in [6.07, 6.45) is 6.09. The number of hydrogen-bond acceptors (Lipinski definition) is 4. The minimum Gasteiger partial charge on any atom is -0.394 e. The predicted octanol–water partition coefficient (Wildman–Crippen LogP) is 1.78. The highest BCUT2D eigenvalue weighted by molar-refractivity contribution is 7.99. The highest BCUT2D eigenvalue weighted by atomic mass is 32.2. The number of aliphatic hydroxyl groups excluding tert-OH is 1. The molecule has 2 rings (SSSR count). The van der Waals surface area contributed by atoms with Crippen LogP contribution in [0, 0.1) is 5.92 Å². The van der Waals surface area contributed by atoms with Gasteiger partial charge in [-0.3, -0.25) is 0 Å². The van der Waals surface area contributed by atoms with Crippen molar-refractivity contribution in [3.05, 3.63) is 0 Å². The maximum atomic E-state index is 9.40. The van der Waals surface area contributed by atoms with Crippen LogP contribution in [0.2, 0.25) is 0 Å². The topological polar surface area (TPSA) is 55.5 Å². The first-order valence-corrected chi connectivity index (χ1v) is 7.83. The molecule has 2 aliphatic rings. The Morgan fingerprint density at radius 3 is 2.94 bits per heavy atom. The molecule has 0 amide bonds. The van der Waals surface area contributed by atoms with Gasteiger partial charge in [-0.15, -0.1) is 0 Å². The third kappa shape index (κ3) is 3.16. The molecular formula is C13H25NO2S. The lowest BCUT2D eigenvalue weighted by atomic mass is 9.87. The Morgan fingerprint density at radius 1 is 1.47 bits per heavy atom. The zero-order valence-corrected chi connectivity index (χ0v) is 11.5. The Kier molecular flexibility index (Phi) is 4.75. The molecule has 3 nitrogen and oxygen atoms in total. The van der Waals surface area contributed by atoms with Gasteiger partial charge in [0, 0.05) is 17.4 Å². The van der Waals surface area contributed by atoms with Crippen molar-refractivity contribution in [1.82, 2.24) is 0 Å². The van der Waals surface area contributed by atoms with E-state index in [-0.39, 0.29) is 12.1 Å². The molecule has 100 valence electrons. The average Bonchev–Trinajstić information content (AvgIpc) is 2.88. The van der Waals surface area contributed by atoms with Crippen LogP contribution < -0.4 is 5.73 Å². The molecule has 4 atom stereocenters. The second-order valence-corrected chi connectivity index (χ2v) is 6.89. The van der Waals surface area contributed by atoms with Crippen LogP contribution in [0.3, 0.4) is 0 Å². The van der Waals surface area contributed by atoms with Gasteiger partial charge in [0.25, 0.3) is 0 Å². The summed E-state index contributed by atoms with van der Waals surface area (Å²) in [5.41, 5.74) is 5.95. The number of rotatable bonds is 5. The van der Waals surface area contributed by atoms with Crippen molar-refractivity contribution in [2.75, 3.05) is 19.0 Å². The molecule has 0 aromatic heterocycles. The van der Waals surface area contributed by atoms with Gasteiger partial charge in [0.1, 0.15) is 0 Å². The Morgan fingerprint density at radius 2 is 2.29 bits per heavy atom. The molecule has 2 fully saturated rings. The van der Waals surface area contributed by atoms with Gasteiger partial charge in [-0.05, 0) is 44.3 Å². The van der Waals surface area contributed by atoms with Gasteiger partial charge in [0.15, 0.2) is 0 Å². The van der Waals surface area contributed by atoms with E-state index < -0.39 is 0 Å². The van der Waals surface area contributed by atoms with Crippen molar-refractivity contribution in [1.29, 1.82) is 0 Å². The Bertz CT molecular complexity index is 252. The summed E-state index contributed by atoms with van der Waals surface area (Å²) in [6, 6.07) is 0. The summed E-state index contributed by atoms with van der Waals surface area (Å²) in [5, 5.41) is 10.1. The molecule has 1 heterocycles. The maximum Gasteiger partial charge on any atom is 0.0666 e. The molecule has 0 spiro atoms. The van der Waals surface area contributed by atoms with E-state index in [9.17, 15) is 5.11 Å². The van der Waals surface area contributed by atoms with E-state index in [2.05, 4.69) is 6.92 Å². The highest BCUT2D eigenvalue weighted by Crippen LogP contribution is 2.37. The summed E-state index contributed by atoms with van der Waals surface area (Å²) in [4.78, 5) is 0. The monoisotopic (exact) mass is 259 g/mol. The first-order chi connectivity index (χ1) is 8.15. The van der Waals surface area contributed by atoms with E-state index in [1.165, 1.54) is 19.3 Å². The summed E-state index contributed by atoms with van der Waals surface area (Å²) in [5.74, 6) is 1.67. The average molecular weight is 259 g/mol. The zero-order valence-electron chi connectivity index (χ0n) is 10.7. The minimum absolute atomic E-state index is 0.144. The molecule has 0 radical (unpaired) electrons. The maximum absolute atomic E-state index is 9.40. The summed E-state index contributed by atoms with van der Waals surface area (Å²) >= 11 is 2.03. The molecular weight excluding hydrogens is 234 g/mol. The Balaban J connectivity index is 1.71. The molecule has 3 N–H and O–H groups in total. The van der Waals surface area contributed by atoms with Crippen molar-refractivity contribution in [2.24, 2.45) is 11.7 Å². The van der Waals surface area contributed by atoms with Crippen LogP contribution in [0.4, 0.5) is 0 Å². The Labute approximate surface area is 108 Å². The lowest BCUT2D eigenvalue weighted by molar-refractivity contribution is 0.127. The summed E-state index contributed by atoms with van der Waals surface area (Å²) < 4.78 is 5.56. The number of ether oxygens (including phenoxy) is 1. The van der Waals surface area contributed by atoms with Crippen LogP contribution in [-0.4, -0.2) is 41.0 Å². The number of hydrogen-bond donors (Lipinski definition) is 2. The normalized spacial score (nSPS) is 42.2. The van der Waals surface area contributed by atoms with Crippen molar-refractivity contribution < 1.29 is 9.84 Å². The van der Waals surface area contributed by atoms with Gasteiger partial charge in [-0.1, -0.05) is 6.42 Å². The van der Waals surface area contributed by atoms with Crippen molar-refractivity contribution in [2.45, 2.75) is 55.9 Å². The third-order valence-electron chi connectivity index (χ3n) is 4.41. The molecule has 4 unspecified atom stereocenters. The van der Waals surface area contributed by atoms with Gasteiger partial charge in [0.05, 0.1) is 12.7 Å². The van der Waals surface area contributed by atoms with Crippen LogP contribution >= 0.6 is 11.8 Å². The third-order valence-corrected chi connectivity index (χ3v) is 5.93. The largest absolute Gasteiger partial charge is 0.394 e. The van der Waals surface area contributed by atoms with E-state index in [0.717, 1.165) is 25.2 Å². The Hall–Kier alpha value is 0.230. The van der Waals surface area contributed by atoms with E-state index in [1.807, 2.05) is 11.8 Å². The van der Waals surface area contributed by atoms with Crippen molar-refractivity contribution in [3.63, 3.8) is 0 Å². The van der Waals surface area contributed by atoms with Crippen LogP contribution in [0.15, 0.2) is 0 Å². The van der Waals surface area contributed by atoms with Crippen molar-refractivity contribution in [3.8, 4) is 0 Å². The minimum atomic E-state index is -0.293. The smallest absolute Gasteiger partial charge is 0.0666 e. The number of aliphatic hydroxyl groups is 1. The van der Waals surface area contributed by atoms with E-state index in [4.69, 9.17) is 10.5 Å². The summed E-state index contributed by atoms with van der Waals surface area (Å²) in [6.45, 7) is 3.23. The predicted molar refractivity (Wildman–Crippen MR) is 72.2 cm³/mol. The van der Waals surface area contributed by atoms with Crippen LogP contribution in [0.5, 0.6) is 0 Å². The molecule has 0 aromatic rings. The fourth-order valence-electron chi connectivity index (χ4n) is 3.10. The van der Waals surface area contributed by atoms with E-state index >= 15 is 0 Å². The van der Waals surface area contributed by atoms with Gasteiger partial charge in [-0.25, -0.2) is 0 Å². The zero-order chi connectivity index (χ0) is 12.3. The quantitative estimate of drug-likeness (QED) is 0.790. The summed E-state index contributed by atoms with van der Waals surface area (Å²) in [7, 11) is 0. The fourth-order valence-corrected chi connectivity index (χ4v) is 4.44. The van der Waals surface area contributed by atoms with Crippen molar-refractivity contribution >= 4 is 11.8 Å².